The smallest absolute Gasteiger partial charge is 0.427 e. The number of aromatic hydroxyl groups is 2. The molecule has 0 saturated carbocycles. The molecule has 2 heterocycles. The lowest BCUT2D eigenvalue weighted by atomic mass is 9.71. The maximum Gasteiger partial charge on any atom is 0.427 e. The number of nitrogens with two attached hydrogens (primary N) is 2. The predicted molar refractivity (Wildman–Crippen MR) is 239 cm³/mol. The molecule has 1 amide bonds. The Labute approximate surface area is 380 Å². The van der Waals surface area contributed by atoms with Crippen LogP contribution in [0.5, 0.6) is 17.2 Å². The number of aliphatic hydroxyl groups is 3. The fraction of sp³-hybridized carbons (Fsp3) is 0.432. The van der Waals surface area contributed by atoms with Crippen LogP contribution in [0.3, 0.4) is 0 Å². The highest BCUT2D eigenvalue weighted by Crippen LogP contribution is 2.52. The van der Waals surface area contributed by atoms with Gasteiger partial charge in [-0.3, -0.25) is 14.4 Å². The first kappa shape index (κ1) is 47.7. The summed E-state index contributed by atoms with van der Waals surface area (Å²) in [6.45, 7) is 0.721. The number of methoxy groups -OCH3 is 1. The number of ketones is 2. The van der Waals surface area contributed by atoms with Gasteiger partial charge in [-0.15, -0.1) is 0 Å². The van der Waals surface area contributed by atoms with Gasteiger partial charge in [0.15, 0.2) is 12.1 Å². The average Bonchev–Trinajstić information content (AvgIpc) is 3.60. The lowest BCUT2D eigenvalue weighted by Crippen LogP contribution is -2.53. The van der Waals surface area contributed by atoms with Gasteiger partial charge in [0.2, 0.25) is 5.78 Å². The number of hydrogen-bond acceptors (Lipinski definition) is 19. The van der Waals surface area contributed by atoms with Gasteiger partial charge in [-0.1, -0.05) is 51.9 Å². The molecule has 1 saturated heterocycles. The van der Waals surface area contributed by atoms with Crippen molar-refractivity contribution in [1.29, 1.82) is 0 Å². The highest BCUT2D eigenvalue weighted by Gasteiger charge is 2.49. The standard InChI is InChI=1S/C44H51N5O14S2/c1-21-37(51)26(45)16-32(62-21)63-30-18-44(58,17-25-34(30)41(55)36-35(39(25)53)38(52)24-8-6-10-29(59-3)33(24)40(36)54)31(20-50)47-48-43(57)61-12-14-65-64-13-11-60-42(56)27(46)15-22-19-49(2)28-9-5-4-7-23(22)28/h4-10,19,21,26-27,30,32,37,50-51,53,55,58H,11-18,20,45-46H2,1-3H3,(H,48,57)/b47-31-/t21-,26-,27-,30-,32-,37+,44-/m0/s1. The number of phenols is 2. The second kappa shape index (κ2) is 20.1. The Morgan fingerprint density at radius 1 is 1.03 bits per heavy atom. The van der Waals surface area contributed by atoms with Crippen molar-refractivity contribution in [3.05, 3.63) is 87.6 Å². The van der Waals surface area contributed by atoms with Crippen LogP contribution in [0.1, 0.15) is 74.4 Å². The monoisotopic (exact) mass is 937 g/mol. The summed E-state index contributed by atoms with van der Waals surface area (Å²) in [4.78, 5) is 53.2. The van der Waals surface area contributed by atoms with Crippen LogP contribution < -0.4 is 21.6 Å². The van der Waals surface area contributed by atoms with Gasteiger partial charge in [0.25, 0.3) is 0 Å². The molecule has 21 heteroatoms. The normalized spacial score (nSPS) is 23.3. The molecule has 3 aromatic carbocycles. The molecule has 1 fully saturated rings. The lowest BCUT2D eigenvalue weighted by molar-refractivity contribution is -0.245. The largest absolute Gasteiger partial charge is 0.507 e. The van der Waals surface area contributed by atoms with Crippen LogP contribution in [0, 0.1) is 0 Å². The number of esters is 1. The summed E-state index contributed by atoms with van der Waals surface area (Å²) < 4.78 is 30.0. The average molecular weight is 938 g/mol. The van der Waals surface area contributed by atoms with Crippen molar-refractivity contribution in [3.8, 4) is 17.2 Å². The van der Waals surface area contributed by atoms with E-state index in [-0.39, 0.29) is 47.6 Å². The highest BCUT2D eigenvalue weighted by atomic mass is 33.1. The number of aryl methyl sites for hydroxylation is 1. The quantitative estimate of drug-likeness (QED) is 0.0176. The fourth-order valence-electron chi connectivity index (χ4n) is 8.52. The van der Waals surface area contributed by atoms with Gasteiger partial charge in [0.05, 0.1) is 54.4 Å². The summed E-state index contributed by atoms with van der Waals surface area (Å²) in [5, 5.41) is 61.8. The summed E-state index contributed by atoms with van der Waals surface area (Å²) in [7, 11) is 6.00. The van der Waals surface area contributed by atoms with Crippen LogP contribution in [0.2, 0.25) is 0 Å². The SMILES string of the molecule is COc1cccc2c1C(=O)c1c(O)c3c(c(O)c1C2=O)C[C@@](O)(/C(CO)=N\NC(=O)OCCSSCCOC(=O)[C@@H](N)Cc1cn(C)c2ccccc12)C[C@@H]3O[C@H]1C[C@H](N)[C@H](O)[C@H](C)O1. The number of benzene rings is 3. The number of ether oxygens (including phenoxy) is 5. The first-order chi connectivity index (χ1) is 31.1. The molecule has 19 nitrogen and oxygen atoms in total. The third-order valence-corrected chi connectivity index (χ3v) is 14.1. The number of nitrogens with zero attached hydrogens (tertiary/aromatic N) is 2. The van der Waals surface area contributed by atoms with E-state index in [1.54, 1.807) is 6.92 Å². The van der Waals surface area contributed by atoms with E-state index in [9.17, 15) is 44.7 Å². The van der Waals surface area contributed by atoms with Crippen molar-refractivity contribution in [1.82, 2.24) is 9.99 Å². The van der Waals surface area contributed by atoms with Crippen LogP contribution in [0.25, 0.3) is 10.9 Å². The molecular formula is C44H51N5O14S2. The van der Waals surface area contributed by atoms with E-state index in [1.165, 1.54) is 46.9 Å². The Hall–Kier alpha value is -5.23. The number of hydrazone groups is 1. The molecule has 2 aliphatic carbocycles. The van der Waals surface area contributed by atoms with Crippen molar-refractivity contribution >= 4 is 61.8 Å². The summed E-state index contributed by atoms with van der Waals surface area (Å²) in [6.07, 6.45) is -4.17. The molecule has 1 aliphatic heterocycles. The number of aliphatic hydroxyl groups excluding tert-OH is 2. The van der Waals surface area contributed by atoms with Crippen LogP contribution >= 0.6 is 21.6 Å². The van der Waals surface area contributed by atoms with Crippen LogP contribution in [-0.4, -0.2) is 134 Å². The molecule has 7 atom stereocenters. The Kier molecular flexibility index (Phi) is 14.8. The topological polar surface area (TPSA) is 297 Å². The van der Waals surface area contributed by atoms with Crippen molar-refractivity contribution in [3.63, 3.8) is 0 Å². The van der Waals surface area contributed by atoms with E-state index in [1.807, 2.05) is 42.1 Å². The number of para-hydroxylation sites is 1. The van der Waals surface area contributed by atoms with Crippen molar-refractivity contribution in [2.24, 2.45) is 23.6 Å². The van der Waals surface area contributed by atoms with Crippen LogP contribution in [0.15, 0.2) is 53.8 Å². The molecule has 0 unspecified atom stereocenters. The number of nitrogens with one attached hydrogen (secondary N) is 1. The number of carbonyl (C=O) groups excluding carboxylic acids is 4. The van der Waals surface area contributed by atoms with Crippen molar-refractivity contribution in [2.75, 3.05) is 38.4 Å². The molecule has 1 aromatic heterocycles. The fourth-order valence-corrected chi connectivity index (χ4v) is 10.2. The predicted octanol–water partition coefficient (Wildman–Crippen LogP) is 2.50. The van der Waals surface area contributed by atoms with Gasteiger partial charge >= 0.3 is 12.1 Å². The molecule has 4 aromatic rings. The minimum atomic E-state index is -2.21. The third kappa shape index (κ3) is 9.70. The highest BCUT2D eigenvalue weighted by molar-refractivity contribution is 8.76. The first-order valence-corrected chi connectivity index (χ1v) is 23.2. The number of hydrogen-bond donors (Lipinski definition) is 8. The van der Waals surface area contributed by atoms with Gasteiger partial charge in [-0.05, 0) is 24.6 Å². The summed E-state index contributed by atoms with van der Waals surface area (Å²) in [5.74, 6) is -2.67. The zero-order valence-corrected chi connectivity index (χ0v) is 37.4. The summed E-state index contributed by atoms with van der Waals surface area (Å²) in [6, 6.07) is 10.6. The first-order valence-electron chi connectivity index (χ1n) is 20.7. The molecule has 65 heavy (non-hydrogen) atoms. The maximum absolute atomic E-state index is 14.0. The Bertz CT molecular complexity index is 2500. The van der Waals surface area contributed by atoms with Crippen molar-refractivity contribution < 1.29 is 68.4 Å². The Balaban J connectivity index is 0.980. The molecule has 0 bridgehead atoms. The minimum Gasteiger partial charge on any atom is -0.507 e. The van der Waals surface area contributed by atoms with E-state index in [2.05, 4.69) is 10.5 Å². The second-order valence-electron chi connectivity index (χ2n) is 15.9. The Morgan fingerprint density at radius 2 is 1.74 bits per heavy atom. The van der Waals surface area contributed by atoms with Gasteiger partial charge in [-0.2, -0.15) is 5.10 Å². The van der Waals surface area contributed by atoms with E-state index in [0.717, 1.165) is 16.5 Å². The van der Waals surface area contributed by atoms with Gasteiger partial charge in [0.1, 0.15) is 42.1 Å². The molecule has 0 spiro atoms. The number of rotatable bonds is 16. The number of carbonyl (C=O) groups is 4. The number of phenolic OH excluding ortho intramolecular Hbond substituents is 2. The van der Waals surface area contributed by atoms with E-state index < -0.39 is 114 Å². The molecular weight excluding hydrogens is 887 g/mol. The van der Waals surface area contributed by atoms with Gasteiger partial charge in [-0.25, -0.2) is 10.2 Å². The maximum atomic E-state index is 14.0. The molecule has 10 N–H and O–H groups in total. The summed E-state index contributed by atoms with van der Waals surface area (Å²) in [5.41, 5.74) is 12.3. The third-order valence-electron chi connectivity index (χ3n) is 11.7. The zero-order valence-electron chi connectivity index (χ0n) is 35.7. The molecule has 7 rings (SSSR count). The van der Waals surface area contributed by atoms with Gasteiger partial charge in [0, 0.05) is 84.1 Å². The van der Waals surface area contributed by atoms with Gasteiger partial charge < -0.3 is 65.3 Å². The van der Waals surface area contributed by atoms with E-state index in [0.29, 0.717) is 17.9 Å². The summed E-state index contributed by atoms with van der Waals surface area (Å²) >= 11 is 0. The van der Waals surface area contributed by atoms with E-state index >= 15 is 0 Å². The van der Waals surface area contributed by atoms with Crippen LogP contribution in [-0.2, 0) is 43.6 Å². The molecule has 348 valence electrons. The number of amides is 1. The second-order valence-corrected chi connectivity index (χ2v) is 18.6. The number of aromatic nitrogens is 1. The number of fused-ring (bicyclic) bond motifs is 4. The molecule has 3 aliphatic rings. The lowest BCUT2D eigenvalue weighted by Gasteiger charge is -2.43. The molecule has 0 radical (unpaired) electrons. The van der Waals surface area contributed by atoms with Crippen molar-refractivity contribution in [2.45, 2.75) is 74.9 Å². The van der Waals surface area contributed by atoms with Crippen LogP contribution in [0.4, 0.5) is 4.79 Å². The Morgan fingerprint density at radius 3 is 2.45 bits per heavy atom. The zero-order chi connectivity index (χ0) is 46.7. The van der Waals surface area contributed by atoms with E-state index in [4.69, 9.17) is 35.2 Å². The minimum absolute atomic E-state index is 0.0318.